The smallest absolute Gasteiger partial charge is 0.256 e. The van der Waals surface area contributed by atoms with E-state index in [1.54, 1.807) is 0 Å². The van der Waals surface area contributed by atoms with E-state index < -0.39 is 5.60 Å². The molecule has 4 heteroatoms. The van der Waals surface area contributed by atoms with Crippen molar-refractivity contribution in [3.05, 3.63) is 36.4 Å². The number of rotatable bonds is 6. The predicted molar refractivity (Wildman–Crippen MR) is 110 cm³/mol. The maximum atomic E-state index is 13.2. The Morgan fingerprint density at radius 1 is 1.15 bits per heavy atom. The number of fused-ring (bicyclic) bond motifs is 1. The summed E-state index contributed by atoms with van der Waals surface area (Å²) < 4.78 is 11.9. The molecule has 146 valence electrons. The first-order chi connectivity index (χ1) is 12.9. The van der Waals surface area contributed by atoms with Gasteiger partial charge < -0.3 is 14.8 Å². The van der Waals surface area contributed by atoms with Crippen molar-refractivity contribution < 1.29 is 14.3 Å². The average molecular weight is 370 g/mol. The van der Waals surface area contributed by atoms with E-state index in [2.05, 4.69) is 12.2 Å². The number of anilines is 1. The molecule has 0 radical (unpaired) electrons. The van der Waals surface area contributed by atoms with Gasteiger partial charge in [-0.1, -0.05) is 31.2 Å². The van der Waals surface area contributed by atoms with Crippen LogP contribution in [0.2, 0.25) is 0 Å². The van der Waals surface area contributed by atoms with Crippen LogP contribution in [0.1, 0.15) is 53.4 Å². The third-order valence-corrected chi connectivity index (χ3v) is 5.41. The van der Waals surface area contributed by atoms with Gasteiger partial charge in [0, 0.05) is 23.1 Å². The molecule has 2 aromatic rings. The summed E-state index contributed by atoms with van der Waals surface area (Å²) in [6, 6.07) is 11.9. The van der Waals surface area contributed by atoms with Crippen molar-refractivity contribution in [3.8, 4) is 5.75 Å². The SMILES string of the molecule is CCOC1(C(=O)Nc2ccc(OC(C)C)c3ccccc23)CCC(C)CC1. The number of carbonyl (C=O) groups is 1. The van der Waals surface area contributed by atoms with Crippen LogP contribution in [-0.2, 0) is 9.53 Å². The fourth-order valence-corrected chi connectivity index (χ4v) is 3.92. The topological polar surface area (TPSA) is 47.6 Å². The van der Waals surface area contributed by atoms with Crippen LogP contribution in [0.5, 0.6) is 5.75 Å². The lowest BCUT2D eigenvalue weighted by Gasteiger charge is -2.37. The normalized spacial score (nSPS) is 22.8. The Balaban J connectivity index is 1.90. The Labute approximate surface area is 162 Å². The Bertz CT molecular complexity index is 791. The predicted octanol–water partition coefficient (Wildman–Crippen LogP) is 5.55. The maximum Gasteiger partial charge on any atom is 0.256 e. The van der Waals surface area contributed by atoms with E-state index in [1.807, 2.05) is 57.2 Å². The first-order valence-electron chi connectivity index (χ1n) is 10.1. The first kappa shape index (κ1) is 19.7. The minimum absolute atomic E-state index is 0.0288. The summed E-state index contributed by atoms with van der Waals surface area (Å²) in [5, 5.41) is 5.15. The molecule has 1 fully saturated rings. The molecular formula is C23H31NO3. The summed E-state index contributed by atoms with van der Waals surface area (Å²) in [4.78, 5) is 13.2. The molecule has 27 heavy (non-hydrogen) atoms. The lowest BCUT2D eigenvalue weighted by molar-refractivity contribution is -0.146. The highest BCUT2D eigenvalue weighted by molar-refractivity contribution is 6.06. The summed E-state index contributed by atoms with van der Waals surface area (Å²) >= 11 is 0. The molecule has 1 amide bonds. The summed E-state index contributed by atoms with van der Waals surface area (Å²) in [5.74, 6) is 1.46. The van der Waals surface area contributed by atoms with Gasteiger partial charge in [0.25, 0.3) is 5.91 Å². The Hall–Kier alpha value is -2.07. The molecule has 0 aromatic heterocycles. The second-order valence-electron chi connectivity index (χ2n) is 7.89. The molecule has 1 aliphatic rings. The number of hydrogen-bond donors (Lipinski definition) is 1. The molecule has 1 N–H and O–H groups in total. The Morgan fingerprint density at radius 2 is 1.81 bits per heavy atom. The zero-order chi connectivity index (χ0) is 19.4. The number of amides is 1. The van der Waals surface area contributed by atoms with Gasteiger partial charge in [-0.2, -0.15) is 0 Å². The third kappa shape index (κ3) is 4.27. The molecule has 1 saturated carbocycles. The second-order valence-corrected chi connectivity index (χ2v) is 7.89. The highest BCUT2D eigenvalue weighted by atomic mass is 16.5. The number of ether oxygens (including phenoxy) is 2. The van der Waals surface area contributed by atoms with E-state index in [1.165, 1.54) is 0 Å². The van der Waals surface area contributed by atoms with Crippen LogP contribution in [0.4, 0.5) is 5.69 Å². The lowest BCUT2D eigenvalue weighted by atomic mass is 9.78. The molecule has 0 bridgehead atoms. The van der Waals surface area contributed by atoms with E-state index >= 15 is 0 Å². The highest BCUT2D eigenvalue weighted by Gasteiger charge is 2.42. The van der Waals surface area contributed by atoms with Gasteiger partial charge in [-0.15, -0.1) is 0 Å². The zero-order valence-corrected chi connectivity index (χ0v) is 16.9. The first-order valence-corrected chi connectivity index (χ1v) is 10.1. The monoisotopic (exact) mass is 369 g/mol. The quantitative estimate of drug-likeness (QED) is 0.726. The van der Waals surface area contributed by atoms with Gasteiger partial charge >= 0.3 is 0 Å². The van der Waals surface area contributed by atoms with Crippen molar-refractivity contribution in [2.45, 2.75) is 65.1 Å². The van der Waals surface area contributed by atoms with Crippen molar-refractivity contribution in [3.63, 3.8) is 0 Å². The van der Waals surface area contributed by atoms with E-state index in [0.29, 0.717) is 12.5 Å². The van der Waals surface area contributed by atoms with Crippen LogP contribution < -0.4 is 10.1 Å². The largest absolute Gasteiger partial charge is 0.490 e. The van der Waals surface area contributed by atoms with E-state index in [0.717, 1.165) is 47.9 Å². The molecule has 0 spiro atoms. The number of benzene rings is 2. The van der Waals surface area contributed by atoms with Crippen LogP contribution in [0, 0.1) is 5.92 Å². The van der Waals surface area contributed by atoms with Gasteiger partial charge in [-0.25, -0.2) is 0 Å². The number of hydrogen-bond acceptors (Lipinski definition) is 3. The Morgan fingerprint density at radius 3 is 2.44 bits per heavy atom. The van der Waals surface area contributed by atoms with Crippen LogP contribution in [0.3, 0.4) is 0 Å². The standard InChI is InChI=1S/C23H31NO3/c1-5-26-23(14-12-17(4)13-15-23)22(25)24-20-10-11-21(27-16(2)3)19-9-7-6-8-18(19)20/h6-11,16-17H,5,12-15H2,1-4H3,(H,24,25). The summed E-state index contributed by atoms with van der Waals surface area (Å²) in [5.41, 5.74) is 0.0968. The van der Waals surface area contributed by atoms with Crippen LogP contribution >= 0.6 is 0 Å². The van der Waals surface area contributed by atoms with Crippen molar-refractivity contribution in [2.75, 3.05) is 11.9 Å². The minimum atomic E-state index is -0.713. The molecule has 0 unspecified atom stereocenters. The molecule has 1 aliphatic carbocycles. The highest BCUT2D eigenvalue weighted by Crippen LogP contribution is 2.37. The minimum Gasteiger partial charge on any atom is -0.490 e. The summed E-state index contributed by atoms with van der Waals surface area (Å²) in [7, 11) is 0. The van der Waals surface area contributed by atoms with Crippen molar-refractivity contribution in [2.24, 2.45) is 5.92 Å². The molecule has 0 aliphatic heterocycles. The molecule has 0 atom stereocenters. The van der Waals surface area contributed by atoms with Crippen LogP contribution in [-0.4, -0.2) is 24.2 Å². The molecule has 4 nitrogen and oxygen atoms in total. The third-order valence-electron chi connectivity index (χ3n) is 5.41. The summed E-state index contributed by atoms with van der Waals surface area (Å²) in [6.07, 6.45) is 3.70. The molecule has 0 saturated heterocycles. The van der Waals surface area contributed by atoms with Gasteiger partial charge in [0.05, 0.1) is 6.10 Å². The molecule has 3 rings (SSSR count). The van der Waals surface area contributed by atoms with E-state index in [4.69, 9.17) is 9.47 Å². The average Bonchev–Trinajstić information content (AvgIpc) is 2.65. The van der Waals surface area contributed by atoms with Gasteiger partial charge in [-0.05, 0) is 64.5 Å². The molecule has 2 aromatic carbocycles. The van der Waals surface area contributed by atoms with Crippen molar-refractivity contribution >= 4 is 22.4 Å². The Kier molecular flexibility index (Phi) is 6.05. The van der Waals surface area contributed by atoms with Gasteiger partial charge in [0.2, 0.25) is 0 Å². The second kappa shape index (κ2) is 8.30. The van der Waals surface area contributed by atoms with E-state index in [-0.39, 0.29) is 12.0 Å². The fourth-order valence-electron chi connectivity index (χ4n) is 3.92. The van der Waals surface area contributed by atoms with Crippen molar-refractivity contribution in [1.82, 2.24) is 0 Å². The van der Waals surface area contributed by atoms with E-state index in [9.17, 15) is 4.79 Å². The molecular weight excluding hydrogens is 338 g/mol. The lowest BCUT2D eigenvalue weighted by Crippen LogP contribution is -2.48. The summed E-state index contributed by atoms with van der Waals surface area (Å²) in [6.45, 7) is 8.78. The number of nitrogens with one attached hydrogen (secondary N) is 1. The van der Waals surface area contributed by atoms with Crippen molar-refractivity contribution in [1.29, 1.82) is 0 Å². The van der Waals surface area contributed by atoms with Gasteiger partial charge in [-0.3, -0.25) is 4.79 Å². The van der Waals surface area contributed by atoms with Gasteiger partial charge in [0.1, 0.15) is 11.4 Å². The molecule has 0 heterocycles. The van der Waals surface area contributed by atoms with Crippen LogP contribution in [0.25, 0.3) is 10.8 Å². The maximum absolute atomic E-state index is 13.2. The fraction of sp³-hybridized carbons (Fsp3) is 0.522. The van der Waals surface area contributed by atoms with Crippen LogP contribution in [0.15, 0.2) is 36.4 Å². The zero-order valence-electron chi connectivity index (χ0n) is 16.9. The van der Waals surface area contributed by atoms with Gasteiger partial charge in [0.15, 0.2) is 0 Å². The number of carbonyl (C=O) groups excluding carboxylic acids is 1.